The fourth-order valence-corrected chi connectivity index (χ4v) is 0.507. The van der Waals surface area contributed by atoms with Crippen LogP contribution in [0.15, 0.2) is 0 Å². The normalized spacial score (nSPS) is 11.3. The van der Waals surface area contributed by atoms with Crippen molar-refractivity contribution in [1.82, 2.24) is 10.6 Å². The molecule has 0 aliphatic rings. The van der Waals surface area contributed by atoms with Crippen molar-refractivity contribution in [1.29, 1.82) is 0 Å². The Morgan fingerprint density at radius 2 is 2.17 bits per heavy atom. The Morgan fingerprint density at radius 3 is 2.58 bits per heavy atom. The lowest BCUT2D eigenvalue weighted by Crippen LogP contribution is -2.41. The number of halogens is 2. The zero-order valence-corrected chi connectivity index (χ0v) is 6.73. The van der Waals surface area contributed by atoms with Crippen molar-refractivity contribution in [3.8, 4) is 0 Å². The van der Waals surface area contributed by atoms with E-state index in [0.717, 1.165) is 0 Å². The maximum absolute atomic E-state index is 12.3. The van der Waals surface area contributed by atoms with Gasteiger partial charge in [-0.15, -0.1) is 0 Å². The average Bonchev–Trinajstić information content (AvgIpc) is 2.02. The molecule has 0 heterocycles. The summed E-state index contributed by atoms with van der Waals surface area (Å²) in [7, 11) is 1.53. The molecule has 0 aromatic heterocycles. The van der Waals surface area contributed by atoms with Crippen LogP contribution >= 0.6 is 0 Å². The average molecular weight is 182 g/mol. The van der Waals surface area contributed by atoms with Crippen molar-refractivity contribution in [2.24, 2.45) is 0 Å². The molecule has 0 radical (unpaired) electrons. The van der Waals surface area contributed by atoms with Gasteiger partial charge in [0.25, 0.3) is 5.92 Å². The predicted molar refractivity (Wildman–Crippen MR) is 39.0 cm³/mol. The fraction of sp³-hybridized carbons (Fsp3) is 0.833. The van der Waals surface area contributed by atoms with Crippen molar-refractivity contribution in [3.63, 3.8) is 0 Å². The van der Waals surface area contributed by atoms with Crippen LogP contribution in [0.5, 0.6) is 0 Å². The first-order valence-electron chi connectivity index (χ1n) is 3.42. The Hall–Kier alpha value is -0.750. The van der Waals surface area contributed by atoms with Gasteiger partial charge in [0.05, 0.1) is 13.1 Å². The number of carbonyl (C=O) groups excluding carboxylic acids is 1. The van der Waals surface area contributed by atoms with E-state index in [2.05, 4.69) is 5.32 Å². The minimum atomic E-state index is -3.23. The van der Waals surface area contributed by atoms with E-state index >= 15 is 0 Å². The van der Waals surface area contributed by atoms with Crippen molar-refractivity contribution in [3.05, 3.63) is 0 Å². The smallest absolute Gasteiger partial charge is 0.287 e. The molecule has 0 fully saturated rings. The molecule has 0 saturated heterocycles. The Labute approximate surface area is 69.0 Å². The molecule has 6 heteroatoms. The van der Waals surface area contributed by atoms with Gasteiger partial charge in [-0.1, -0.05) is 0 Å². The van der Waals surface area contributed by atoms with Gasteiger partial charge in [0.1, 0.15) is 6.61 Å². The van der Waals surface area contributed by atoms with Gasteiger partial charge in [-0.05, 0) is 7.05 Å². The van der Waals surface area contributed by atoms with Gasteiger partial charge in [0.15, 0.2) is 0 Å². The molecule has 0 aromatic rings. The second-order valence-corrected chi connectivity index (χ2v) is 2.32. The summed E-state index contributed by atoms with van der Waals surface area (Å²) in [5, 5.41) is 12.6. The number of rotatable bonds is 5. The number of nitrogens with one attached hydrogen (secondary N) is 2. The van der Waals surface area contributed by atoms with Crippen molar-refractivity contribution >= 4 is 5.91 Å². The quantitative estimate of drug-likeness (QED) is 0.508. The van der Waals surface area contributed by atoms with E-state index in [1.807, 2.05) is 5.32 Å². The summed E-state index contributed by atoms with van der Waals surface area (Å²) in [6, 6.07) is 0. The first-order chi connectivity index (χ1) is 5.52. The van der Waals surface area contributed by atoms with Crippen LogP contribution in [0.25, 0.3) is 0 Å². The van der Waals surface area contributed by atoms with Crippen LogP contribution in [0.1, 0.15) is 0 Å². The molecule has 3 N–H and O–H groups in total. The highest BCUT2D eigenvalue weighted by Crippen LogP contribution is 2.09. The molecule has 1 amide bonds. The number of amides is 1. The molecule has 0 atom stereocenters. The third kappa shape index (κ3) is 4.97. The lowest BCUT2D eigenvalue weighted by molar-refractivity contribution is -0.123. The standard InChI is InChI=1S/C6H12F2N2O2/c1-9-2-5(12)10-3-6(7,8)4-11/h9,11H,2-4H2,1H3,(H,10,12). The van der Waals surface area contributed by atoms with E-state index < -0.39 is 25.0 Å². The van der Waals surface area contributed by atoms with Gasteiger partial charge in [0, 0.05) is 0 Å². The number of carbonyl (C=O) groups is 1. The van der Waals surface area contributed by atoms with E-state index in [1.54, 1.807) is 0 Å². The third-order valence-electron chi connectivity index (χ3n) is 1.11. The van der Waals surface area contributed by atoms with Crippen molar-refractivity contribution in [2.75, 3.05) is 26.7 Å². The summed E-state index contributed by atoms with van der Waals surface area (Å²) in [4.78, 5) is 10.6. The van der Waals surface area contributed by atoms with Gasteiger partial charge >= 0.3 is 0 Å². The molecule has 0 aromatic carbocycles. The molecule has 4 nitrogen and oxygen atoms in total. The van der Waals surface area contributed by atoms with Gasteiger partial charge in [-0.3, -0.25) is 4.79 Å². The van der Waals surface area contributed by atoms with E-state index in [4.69, 9.17) is 5.11 Å². The second kappa shape index (κ2) is 5.00. The molecule has 0 rings (SSSR count). The van der Waals surface area contributed by atoms with E-state index in [9.17, 15) is 13.6 Å². The minimum absolute atomic E-state index is 0.0124. The first kappa shape index (κ1) is 11.2. The highest BCUT2D eigenvalue weighted by atomic mass is 19.3. The van der Waals surface area contributed by atoms with Gasteiger partial charge in [-0.2, -0.15) is 0 Å². The SMILES string of the molecule is CNCC(=O)NCC(F)(F)CO. The molecule has 0 spiro atoms. The molecule has 0 bridgehead atoms. The van der Waals surface area contributed by atoms with E-state index in [-0.39, 0.29) is 6.54 Å². The summed E-state index contributed by atoms with van der Waals surface area (Å²) < 4.78 is 24.5. The highest BCUT2D eigenvalue weighted by molar-refractivity contribution is 5.77. The topological polar surface area (TPSA) is 61.4 Å². The van der Waals surface area contributed by atoms with E-state index in [1.165, 1.54) is 7.05 Å². The molecule has 0 aliphatic carbocycles. The molecule has 0 aliphatic heterocycles. The Bertz CT molecular complexity index is 152. The summed E-state index contributed by atoms with van der Waals surface area (Å²) in [6.45, 7) is -2.10. The first-order valence-corrected chi connectivity index (χ1v) is 3.42. The predicted octanol–water partition coefficient (Wildman–Crippen LogP) is -1.05. The van der Waals surface area contributed by atoms with Crippen LogP contribution in [-0.4, -0.2) is 43.7 Å². The molecule has 72 valence electrons. The number of alkyl halides is 2. The molecular weight excluding hydrogens is 170 g/mol. The minimum Gasteiger partial charge on any atom is -0.390 e. The van der Waals surface area contributed by atoms with Crippen LogP contribution in [0.2, 0.25) is 0 Å². The number of aliphatic hydroxyl groups excluding tert-OH is 1. The molecule has 12 heavy (non-hydrogen) atoms. The summed E-state index contributed by atoms with van der Waals surface area (Å²) in [5.74, 6) is -3.76. The zero-order chi connectivity index (χ0) is 9.61. The monoisotopic (exact) mass is 182 g/mol. The highest BCUT2D eigenvalue weighted by Gasteiger charge is 2.27. The van der Waals surface area contributed by atoms with Crippen LogP contribution in [0.3, 0.4) is 0 Å². The number of hydrogen-bond donors (Lipinski definition) is 3. The van der Waals surface area contributed by atoms with Crippen molar-refractivity contribution < 1.29 is 18.7 Å². The maximum atomic E-state index is 12.3. The van der Waals surface area contributed by atoms with Crippen LogP contribution in [0, 0.1) is 0 Å². The summed E-state index contributed by atoms with van der Waals surface area (Å²) in [6.07, 6.45) is 0. The number of aliphatic hydroxyl groups is 1. The summed E-state index contributed by atoms with van der Waals surface area (Å²) >= 11 is 0. The van der Waals surface area contributed by atoms with Gasteiger partial charge in [0.2, 0.25) is 5.91 Å². The number of hydrogen-bond acceptors (Lipinski definition) is 3. The van der Waals surface area contributed by atoms with Crippen LogP contribution in [0.4, 0.5) is 8.78 Å². The molecule has 0 saturated carbocycles. The second-order valence-electron chi connectivity index (χ2n) is 2.32. The van der Waals surface area contributed by atoms with Crippen LogP contribution in [-0.2, 0) is 4.79 Å². The lowest BCUT2D eigenvalue weighted by Gasteiger charge is -2.13. The Kier molecular flexibility index (Phi) is 4.68. The Balaban J connectivity index is 3.60. The number of likely N-dealkylation sites (N-methyl/N-ethyl adjacent to an activating group) is 1. The fourth-order valence-electron chi connectivity index (χ4n) is 0.507. The Morgan fingerprint density at radius 1 is 1.58 bits per heavy atom. The van der Waals surface area contributed by atoms with Crippen molar-refractivity contribution in [2.45, 2.75) is 5.92 Å². The van der Waals surface area contributed by atoms with Gasteiger partial charge in [-0.25, -0.2) is 8.78 Å². The van der Waals surface area contributed by atoms with Crippen LogP contribution < -0.4 is 10.6 Å². The largest absolute Gasteiger partial charge is 0.390 e. The summed E-state index contributed by atoms with van der Waals surface area (Å²) in [5.41, 5.74) is 0. The zero-order valence-electron chi connectivity index (χ0n) is 6.73. The van der Waals surface area contributed by atoms with E-state index in [0.29, 0.717) is 0 Å². The third-order valence-corrected chi connectivity index (χ3v) is 1.11. The molecule has 0 unspecified atom stereocenters. The maximum Gasteiger partial charge on any atom is 0.287 e. The van der Waals surface area contributed by atoms with Gasteiger partial charge < -0.3 is 15.7 Å². The lowest BCUT2D eigenvalue weighted by atomic mass is 10.3. The molecular formula is C6H12F2N2O2.